The number of nitrogens with one attached hydrogen (secondary N) is 1. The molecule has 0 radical (unpaired) electrons. The third kappa shape index (κ3) is 7.03. The highest BCUT2D eigenvalue weighted by Crippen LogP contribution is 2.12. The topological polar surface area (TPSA) is 84.6 Å². The summed E-state index contributed by atoms with van der Waals surface area (Å²) in [5.41, 5.74) is 6.13. The number of hydrogen-bond acceptors (Lipinski definition) is 4. The van der Waals surface area contributed by atoms with Crippen LogP contribution in [0.4, 0.5) is 5.69 Å². The van der Waals surface area contributed by atoms with Crippen LogP contribution in [0.25, 0.3) is 0 Å². The number of carbonyl (C=O) groups is 1. The smallest absolute Gasteiger partial charge is 0.269 e. The average Bonchev–Trinajstić information content (AvgIpc) is 2.37. The summed E-state index contributed by atoms with van der Waals surface area (Å²) in [4.78, 5) is 21.6. The van der Waals surface area contributed by atoms with Crippen LogP contribution in [0.2, 0.25) is 19.6 Å². The maximum Gasteiger partial charge on any atom is 0.269 e. The van der Waals surface area contributed by atoms with Gasteiger partial charge in [0.1, 0.15) is 8.07 Å². The molecule has 21 heavy (non-hydrogen) atoms. The van der Waals surface area contributed by atoms with Gasteiger partial charge in [0.15, 0.2) is 0 Å². The minimum atomic E-state index is -1.43. The Morgan fingerprint density at radius 2 is 2.00 bits per heavy atom. The Hall–Kier alpha value is -2.46. The van der Waals surface area contributed by atoms with Crippen molar-refractivity contribution in [3.8, 4) is 11.5 Å². The predicted molar refractivity (Wildman–Crippen MR) is 84.6 cm³/mol. The molecule has 0 unspecified atom stereocenters. The summed E-state index contributed by atoms with van der Waals surface area (Å²) in [6.07, 6.45) is 1.47. The molecule has 7 heteroatoms. The van der Waals surface area contributed by atoms with E-state index in [1.165, 1.54) is 18.3 Å². The summed E-state index contributed by atoms with van der Waals surface area (Å²) >= 11 is 0. The fraction of sp³-hybridized carbons (Fsp3) is 0.286. The van der Waals surface area contributed by atoms with Gasteiger partial charge in [0.05, 0.1) is 17.6 Å². The van der Waals surface area contributed by atoms with Gasteiger partial charge in [0.2, 0.25) is 5.91 Å². The van der Waals surface area contributed by atoms with Crippen LogP contribution in [0.15, 0.2) is 29.4 Å². The van der Waals surface area contributed by atoms with Crippen LogP contribution in [0.5, 0.6) is 0 Å². The van der Waals surface area contributed by atoms with Gasteiger partial charge in [-0.15, -0.1) is 5.54 Å². The summed E-state index contributed by atoms with van der Waals surface area (Å²) in [5.74, 6) is 2.50. The van der Waals surface area contributed by atoms with E-state index in [1.807, 2.05) is 0 Å². The molecule has 0 heterocycles. The van der Waals surface area contributed by atoms with Crippen LogP contribution in [0, 0.1) is 21.6 Å². The minimum absolute atomic E-state index is 0.00111. The lowest BCUT2D eigenvalue weighted by molar-refractivity contribution is -0.384. The molecule has 0 fully saturated rings. The largest absolute Gasteiger partial charge is 0.273 e. The molecule has 0 saturated heterocycles. The number of benzene rings is 1. The molecule has 0 saturated carbocycles. The molecular formula is C14H17N3O3Si. The highest BCUT2D eigenvalue weighted by molar-refractivity contribution is 6.84. The van der Waals surface area contributed by atoms with E-state index in [4.69, 9.17) is 0 Å². The molecule has 0 aliphatic heterocycles. The van der Waals surface area contributed by atoms with Crippen molar-refractivity contribution in [2.24, 2.45) is 5.10 Å². The number of rotatable bonds is 4. The number of nitro groups is 1. The second kappa shape index (κ2) is 7.35. The molecule has 6 nitrogen and oxygen atoms in total. The highest BCUT2D eigenvalue weighted by atomic mass is 28.3. The molecule has 0 aromatic heterocycles. The molecule has 0 atom stereocenters. The summed E-state index contributed by atoms with van der Waals surface area (Å²) in [6.45, 7) is 6.34. The van der Waals surface area contributed by atoms with Gasteiger partial charge in [-0.25, -0.2) is 5.43 Å². The van der Waals surface area contributed by atoms with E-state index in [9.17, 15) is 14.9 Å². The van der Waals surface area contributed by atoms with Gasteiger partial charge < -0.3 is 0 Å². The number of carbonyl (C=O) groups excluding carboxylic acids is 1. The Bertz CT molecular complexity index is 607. The number of hydrazone groups is 1. The third-order valence-electron chi connectivity index (χ3n) is 2.28. The zero-order valence-corrected chi connectivity index (χ0v) is 13.2. The van der Waals surface area contributed by atoms with Crippen LogP contribution in [0.1, 0.15) is 5.56 Å². The monoisotopic (exact) mass is 303 g/mol. The third-order valence-corrected chi connectivity index (χ3v) is 3.17. The van der Waals surface area contributed by atoms with Crippen molar-refractivity contribution in [2.75, 3.05) is 0 Å². The van der Waals surface area contributed by atoms with Crippen molar-refractivity contribution in [1.29, 1.82) is 0 Å². The average molecular weight is 303 g/mol. The van der Waals surface area contributed by atoms with Crippen LogP contribution >= 0.6 is 0 Å². The van der Waals surface area contributed by atoms with Gasteiger partial charge >= 0.3 is 0 Å². The Labute approximate surface area is 124 Å². The lowest BCUT2D eigenvalue weighted by Crippen LogP contribution is -2.19. The molecule has 110 valence electrons. The fourth-order valence-corrected chi connectivity index (χ4v) is 1.84. The maximum absolute atomic E-state index is 11.6. The molecule has 0 bridgehead atoms. The summed E-state index contributed by atoms with van der Waals surface area (Å²) < 4.78 is 0. The normalized spacial score (nSPS) is 10.8. The minimum Gasteiger partial charge on any atom is -0.273 e. The Kier molecular flexibility index (Phi) is 5.81. The van der Waals surface area contributed by atoms with E-state index in [2.05, 4.69) is 41.6 Å². The van der Waals surface area contributed by atoms with Crippen molar-refractivity contribution >= 4 is 25.9 Å². The molecule has 1 rings (SSSR count). The van der Waals surface area contributed by atoms with E-state index < -0.39 is 13.0 Å². The quantitative estimate of drug-likeness (QED) is 0.304. The van der Waals surface area contributed by atoms with Gasteiger partial charge in [0.25, 0.3) is 5.69 Å². The molecule has 0 spiro atoms. The SMILES string of the molecule is C[Si](C)(C)C#C/C=N/NC(=O)Cc1ccc([N+](=O)[O-])cc1. The van der Waals surface area contributed by atoms with Crippen LogP contribution in [-0.4, -0.2) is 25.1 Å². The maximum atomic E-state index is 11.6. The van der Waals surface area contributed by atoms with E-state index in [0.717, 1.165) is 0 Å². The molecule has 0 aliphatic rings. The number of hydrogen-bond donors (Lipinski definition) is 1. The van der Waals surface area contributed by atoms with Gasteiger partial charge in [-0.2, -0.15) is 5.10 Å². The molecular weight excluding hydrogens is 286 g/mol. The molecule has 1 amide bonds. The highest BCUT2D eigenvalue weighted by Gasteiger charge is 2.07. The first-order chi connectivity index (χ1) is 9.78. The molecule has 1 aromatic carbocycles. The zero-order valence-electron chi connectivity index (χ0n) is 12.2. The first-order valence-corrected chi connectivity index (χ1v) is 9.84. The Morgan fingerprint density at radius 1 is 1.38 bits per heavy atom. The fourth-order valence-electron chi connectivity index (χ4n) is 1.35. The number of nitro benzene ring substituents is 1. The summed E-state index contributed by atoms with van der Waals surface area (Å²) in [5, 5.41) is 14.2. The van der Waals surface area contributed by atoms with Crippen LogP contribution in [0.3, 0.4) is 0 Å². The number of non-ortho nitro benzene ring substituents is 1. The van der Waals surface area contributed by atoms with Gasteiger partial charge in [-0.05, 0) is 5.56 Å². The van der Waals surface area contributed by atoms with E-state index in [1.54, 1.807) is 12.1 Å². The van der Waals surface area contributed by atoms with Crippen molar-refractivity contribution in [3.63, 3.8) is 0 Å². The first kappa shape index (κ1) is 16.6. The molecule has 1 N–H and O–H groups in total. The lowest BCUT2D eigenvalue weighted by Gasteiger charge is -2.02. The number of amides is 1. The van der Waals surface area contributed by atoms with Gasteiger partial charge in [0, 0.05) is 12.1 Å². The van der Waals surface area contributed by atoms with E-state index in [-0.39, 0.29) is 18.0 Å². The van der Waals surface area contributed by atoms with Crippen LogP contribution < -0.4 is 5.43 Å². The van der Waals surface area contributed by atoms with Crippen molar-refractivity contribution < 1.29 is 9.72 Å². The van der Waals surface area contributed by atoms with E-state index in [0.29, 0.717) is 5.56 Å². The Morgan fingerprint density at radius 3 is 2.52 bits per heavy atom. The summed E-state index contributed by atoms with van der Waals surface area (Å²) in [6, 6.07) is 5.83. The zero-order chi connectivity index (χ0) is 15.9. The van der Waals surface area contributed by atoms with Crippen molar-refractivity contribution in [1.82, 2.24) is 5.43 Å². The first-order valence-electron chi connectivity index (χ1n) is 6.34. The lowest BCUT2D eigenvalue weighted by atomic mass is 10.1. The molecule has 1 aromatic rings. The molecule has 0 aliphatic carbocycles. The van der Waals surface area contributed by atoms with Gasteiger partial charge in [-0.1, -0.05) is 37.7 Å². The van der Waals surface area contributed by atoms with Crippen LogP contribution in [-0.2, 0) is 11.2 Å². The van der Waals surface area contributed by atoms with Crippen molar-refractivity contribution in [2.45, 2.75) is 26.1 Å². The second-order valence-corrected chi connectivity index (χ2v) is 10.2. The predicted octanol–water partition coefficient (Wildman–Crippen LogP) is 2.12. The Balaban J connectivity index is 2.48. The van der Waals surface area contributed by atoms with Gasteiger partial charge in [-0.3, -0.25) is 14.9 Å². The second-order valence-electron chi connectivity index (χ2n) is 5.41. The standard InChI is InChI=1S/C14H17N3O3Si/c1-21(2,3)10-4-9-15-16-14(18)11-12-5-7-13(8-6-12)17(19)20/h5-9H,11H2,1-3H3,(H,16,18)/b15-9+. The van der Waals surface area contributed by atoms with E-state index >= 15 is 0 Å². The summed E-state index contributed by atoms with van der Waals surface area (Å²) in [7, 11) is -1.43. The van der Waals surface area contributed by atoms with Crippen molar-refractivity contribution in [3.05, 3.63) is 39.9 Å². The number of nitrogens with zero attached hydrogens (tertiary/aromatic N) is 2.